The molecule has 1 N–H and O–H groups in total. The first-order chi connectivity index (χ1) is 8.62. The summed E-state index contributed by atoms with van der Waals surface area (Å²) in [6.45, 7) is 7.74. The van der Waals surface area contributed by atoms with Crippen LogP contribution in [0.4, 0.5) is 0 Å². The van der Waals surface area contributed by atoms with Crippen molar-refractivity contribution in [2.45, 2.75) is 51.7 Å². The van der Waals surface area contributed by atoms with Crippen molar-refractivity contribution in [2.75, 3.05) is 0 Å². The zero-order valence-corrected chi connectivity index (χ0v) is 11.8. The highest BCUT2D eigenvalue weighted by atomic mass is 16.6. The maximum atomic E-state index is 11.8. The van der Waals surface area contributed by atoms with E-state index in [9.17, 15) is 9.59 Å². The zero-order chi connectivity index (χ0) is 14.5. The first-order valence-corrected chi connectivity index (χ1v) is 6.44. The second-order valence-electron chi connectivity index (χ2n) is 6.40. The van der Waals surface area contributed by atoms with Crippen LogP contribution < -0.4 is 0 Å². The van der Waals surface area contributed by atoms with Gasteiger partial charge in [0.2, 0.25) is 0 Å². The molecule has 1 saturated carbocycles. The van der Waals surface area contributed by atoms with Crippen LogP contribution in [-0.2, 0) is 14.3 Å². The predicted molar refractivity (Wildman–Crippen MR) is 70.8 cm³/mol. The van der Waals surface area contributed by atoms with Crippen molar-refractivity contribution in [3.63, 3.8) is 0 Å². The fraction of sp³-hybridized carbons (Fsp3) is 0.600. The van der Waals surface area contributed by atoms with Gasteiger partial charge in [0.05, 0.1) is 0 Å². The summed E-state index contributed by atoms with van der Waals surface area (Å²) in [7, 11) is 0. The van der Waals surface area contributed by atoms with Gasteiger partial charge in [-0.3, -0.25) is 4.79 Å². The Morgan fingerprint density at radius 3 is 2.47 bits per heavy atom. The molecule has 2 atom stereocenters. The number of Topliss-reactive ketones (excluding diaryl/α,β-unsaturated/α-hetero) is 1. The van der Waals surface area contributed by atoms with Gasteiger partial charge in [0, 0.05) is 24.3 Å². The summed E-state index contributed by atoms with van der Waals surface area (Å²) in [4.78, 5) is 22.4. The molecule has 0 spiro atoms. The molecule has 4 nitrogen and oxygen atoms in total. The zero-order valence-electron chi connectivity index (χ0n) is 11.8. The van der Waals surface area contributed by atoms with Crippen LogP contribution in [-0.4, -0.2) is 28.1 Å². The Balaban J connectivity index is 2.27. The van der Waals surface area contributed by atoms with Crippen molar-refractivity contribution in [1.82, 2.24) is 0 Å². The predicted octanol–water partition coefficient (Wildman–Crippen LogP) is 2.49. The largest absolute Gasteiger partial charge is 0.478 e. The highest BCUT2D eigenvalue weighted by Gasteiger charge is 2.74. The monoisotopic (exact) mass is 264 g/mol. The molecule has 0 aromatic carbocycles. The molecule has 0 radical (unpaired) electrons. The van der Waals surface area contributed by atoms with E-state index in [1.165, 1.54) is 0 Å². The minimum absolute atomic E-state index is 0.229. The van der Waals surface area contributed by atoms with E-state index in [0.717, 1.165) is 6.08 Å². The van der Waals surface area contributed by atoms with Crippen molar-refractivity contribution in [3.8, 4) is 0 Å². The summed E-state index contributed by atoms with van der Waals surface area (Å²) in [5, 5.41) is 8.70. The molecule has 19 heavy (non-hydrogen) atoms. The molecule has 4 heteroatoms. The number of carbonyl (C=O) groups excluding carboxylic acids is 1. The molecule has 1 saturated heterocycles. The van der Waals surface area contributed by atoms with Crippen molar-refractivity contribution >= 4 is 11.8 Å². The van der Waals surface area contributed by atoms with E-state index in [-0.39, 0.29) is 11.2 Å². The lowest BCUT2D eigenvalue weighted by Crippen LogP contribution is -2.44. The molecule has 1 heterocycles. The maximum Gasteiger partial charge on any atom is 0.328 e. The Morgan fingerprint density at radius 2 is 1.95 bits per heavy atom. The third-order valence-electron chi connectivity index (χ3n) is 4.24. The second kappa shape index (κ2) is 4.04. The van der Waals surface area contributed by atoms with Gasteiger partial charge in [-0.15, -0.1) is 0 Å². The van der Waals surface area contributed by atoms with Crippen molar-refractivity contribution in [3.05, 3.63) is 23.8 Å². The van der Waals surface area contributed by atoms with Crippen LogP contribution in [0.1, 0.15) is 40.5 Å². The smallest absolute Gasteiger partial charge is 0.328 e. The molecular formula is C15H20O4. The van der Waals surface area contributed by atoms with E-state index in [0.29, 0.717) is 18.4 Å². The average molecular weight is 264 g/mol. The minimum atomic E-state index is -0.961. The lowest BCUT2D eigenvalue weighted by atomic mass is 9.63. The number of hydrogen-bond donors (Lipinski definition) is 1. The Bertz CT molecular complexity index is 500. The highest BCUT2D eigenvalue weighted by Crippen LogP contribution is 2.65. The number of epoxide rings is 1. The van der Waals surface area contributed by atoms with E-state index < -0.39 is 17.2 Å². The quantitative estimate of drug-likeness (QED) is 0.483. The fourth-order valence-corrected chi connectivity index (χ4v) is 3.34. The Morgan fingerprint density at radius 1 is 1.32 bits per heavy atom. The van der Waals surface area contributed by atoms with Gasteiger partial charge >= 0.3 is 5.97 Å². The summed E-state index contributed by atoms with van der Waals surface area (Å²) < 4.78 is 5.91. The molecule has 0 bridgehead atoms. The Labute approximate surface area is 113 Å². The van der Waals surface area contributed by atoms with Crippen LogP contribution in [0.5, 0.6) is 0 Å². The van der Waals surface area contributed by atoms with Gasteiger partial charge in [0.25, 0.3) is 0 Å². The van der Waals surface area contributed by atoms with Gasteiger partial charge in [0.15, 0.2) is 0 Å². The number of carboxylic acids is 1. The van der Waals surface area contributed by atoms with Crippen LogP contribution in [0, 0.1) is 5.41 Å². The Kier molecular flexibility index (Phi) is 2.97. The van der Waals surface area contributed by atoms with E-state index >= 15 is 0 Å². The molecule has 104 valence electrons. The molecule has 0 unspecified atom stereocenters. The standard InChI is InChI=1S/C15H20O4/c1-10(7-12(17)18)5-6-15-13(2,3)8-11(16)9-14(15,4)19-15/h5-7H,8-9H2,1-4H3,(H,17,18)/b6-5+,10-7-/t14-,15+/m1/s1. The van der Waals surface area contributed by atoms with Crippen LogP contribution >= 0.6 is 0 Å². The molecule has 2 aliphatic rings. The number of rotatable bonds is 3. The maximum absolute atomic E-state index is 11.8. The third-order valence-corrected chi connectivity index (χ3v) is 4.24. The summed E-state index contributed by atoms with van der Waals surface area (Å²) in [5.41, 5.74) is -0.503. The van der Waals surface area contributed by atoms with Gasteiger partial charge in [-0.25, -0.2) is 4.79 Å². The van der Waals surface area contributed by atoms with Crippen molar-refractivity contribution in [2.24, 2.45) is 5.41 Å². The van der Waals surface area contributed by atoms with E-state index in [4.69, 9.17) is 9.84 Å². The summed E-state index contributed by atoms with van der Waals surface area (Å²) in [6.07, 6.45) is 5.79. The first kappa shape index (κ1) is 14.0. The lowest BCUT2D eigenvalue weighted by molar-refractivity contribution is -0.131. The third kappa shape index (κ3) is 2.14. The van der Waals surface area contributed by atoms with Crippen molar-refractivity contribution < 1.29 is 19.4 Å². The molecule has 1 aliphatic heterocycles. The van der Waals surface area contributed by atoms with E-state index in [2.05, 4.69) is 0 Å². The highest BCUT2D eigenvalue weighted by molar-refractivity contribution is 5.83. The summed E-state index contributed by atoms with van der Waals surface area (Å²) in [6, 6.07) is 0. The van der Waals surface area contributed by atoms with Gasteiger partial charge in [0.1, 0.15) is 17.0 Å². The molecule has 1 aliphatic carbocycles. The number of allylic oxidation sites excluding steroid dienone is 2. The van der Waals surface area contributed by atoms with Crippen LogP contribution in [0.25, 0.3) is 0 Å². The fourth-order valence-electron chi connectivity index (χ4n) is 3.34. The SMILES string of the molecule is CC(=C/C(=O)O)/C=C/[C@@]12O[C@]1(C)CC(=O)CC2(C)C. The second-order valence-corrected chi connectivity index (χ2v) is 6.40. The summed E-state index contributed by atoms with van der Waals surface area (Å²) in [5.74, 6) is -0.732. The van der Waals surface area contributed by atoms with Crippen molar-refractivity contribution in [1.29, 1.82) is 0 Å². The van der Waals surface area contributed by atoms with Gasteiger partial charge in [-0.1, -0.05) is 19.9 Å². The minimum Gasteiger partial charge on any atom is -0.478 e. The lowest BCUT2D eigenvalue weighted by Gasteiger charge is -2.35. The van der Waals surface area contributed by atoms with E-state index in [1.807, 2.05) is 26.8 Å². The number of ether oxygens (including phenoxy) is 1. The molecule has 0 amide bonds. The normalized spacial score (nSPS) is 37.3. The topological polar surface area (TPSA) is 66.9 Å². The van der Waals surface area contributed by atoms with Crippen LogP contribution in [0.2, 0.25) is 0 Å². The van der Waals surface area contributed by atoms with Gasteiger partial charge in [-0.05, 0) is 25.5 Å². The van der Waals surface area contributed by atoms with Gasteiger partial charge in [-0.2, -0.15) is 0 Å². The molecule has 0 aromatic heterocycles. The summed E-state index contributed by atoms with van der Waals surface area (Å²) >= 11 is 0. The number of hydrogen-bond acceptors (Lipinski definition) is 3. The number of fused-ring (bicyclic) bond motifs is 1. The van der Waals surface area contributed by atoms with Gasteiger partial charge < -0.3 is 9.84 Å². The van der Waals surface area contributed by atoms with E-state index in [1.54, 1.807) is 13.0 Å². The molecule has 2 fully saturated rings. The average Bonchev–Trinajstić information content (AvgIpc) is 2.80. The number of carbonyl (C=O) groups is 2. The number of ketones is 1. The molecular weight excluding hydrogens is 244 g/mol. The molecule has 2 rings (SSSR count). The number of aliphatic carboxylic acids is 1. The Hall–Kier alpha value is -1.42. The molecule has 0 aromatic rings. The first-order valence-electron chi connectivity index (χ1n) is 6.44. The number of carboxylic acid groups (broad SMARTS) is 1. The van der Waals surface area contributed by atoms with Crippen LogP contribution in [0.15, 0.2) is 23.8 Å². The van der Waals surface area contributed by atoms with Crippen LogP contribution in [0.3, 0.4) is 0 Å².